The average molecular weight is 334 g/mol. The van der Waals surface area contributed by atoms with Crippen LogP contribution in [0.5, 0.6) is 0 Å². The third-order valence-corrected chi connectivity index (χ3v) is 4.29. The van der Waals surface area contributed by atoms with E-state index in [1.165, 1.54) is 5.56 Å². The lowest BCUT2D eigenvalue weighted by Gasteiger charge is -2.31. The van der Waals surface area contributed by atoms with Crippen LogP contribution >= 0.6 is 0 Å². The third kappa shape index (κ3) is 5.21. The van der Waals surface area contributed by atoms with Crippen LogP contribution in [0.1, 0.15) is 26.3 Å². The maximum Gasteiger partial charge on any atom is 0.410 e. The van der Waals surface area contributed by atoms with Crippen LogP contribution in [0, 0.1) is 5.92 Å². The van der Waals surface area contributed by atoms with E-state index in [4.69, 9.17) is 9.47 Å². The molecule has 134 valence electrons. The first-order valence-corrected chi connectivity index (χ1v) is 8.51. The zero-order chi connectivity index (χ0) is 17.7. The van der Waals surface area contributed by atoms with Crippen molar-refractivity contribution >= 4 is 6.09 Å². The third-order valence-electron chi connectivity index (χ3n) is 4.29. The van der Waals surface area contributed by atoms with Crippen LogP contribution < -0.4 is 0 Å². The van der Waals surface area contributed by atoms with Gasteiger partial charge < -0.3 is 14.4 Å². The largest absolute Gasteiger partial charge is 0.444 e. The summed E-state index contributed by atoms with van der Waals surface area (Å²) in [5.41, 5.74) is 0.805. The Labute approximate surface area is 145 Å². The molecule has 1 aliphatic rings. The molecule has 0 N–H and O–H groups in total. The predicted octanol–water partition coefficient (Wildman–Crippen LogP) is 3.00. The highest BCUT2D eigenvalue weighted by molar-refractivity contribution is 5.68. The standard InChI is InChI=1S/C19H30N2O3/c1-19(2,3)24-18(22)20(4)17-13-21(12-16(17)14-23-5)11-15-9-7-6-8-10-15/h6-10,16-17H,11-14H2,1-5H3/t16-,17+/m0/s1. The van der Waals surface area contributed by atoms with Gasteiger partial charge in [-0.3, -0.25) is 4.90 Å². The Balaban J connectivity index is 2.02. The lowest BCUT2D eigenvalue weighted by molar-refractivity contribution is 0.0158. The summed E-state index contributed by atoms with van der Waals surface area (Å²) in [5, 5.41) is 0. The van der Waals surface area contributed by atoms with E-state index in [0.717, 1.165) is 19.6 Å². The van der Waals surface area contributed by atoms with Gasteiger partial charge in [0, 0.05) is 39.7 Å². The second-order valence-corrected chi connectivity index (χ2v) is 7.55. The zero-order valence-corrected chi connectivity index (χ0v) is 15.5. The van der Waals surface area contributed by atoms with Crippen molar-refractivity contribution in [3.63, 3.8) is 0 Å². The molecule has 0 unspecified atom stereocenters. The minimum absolute atomic E-state index is 0.100. The van der Waals surface area contributed by atoms with Gasteiger partial charge >= 0.3 is 6.09 Å². The van der Waals surface area contributed by atoms with E-state index in [1.54, 1.807) is 12.0 Å². The molecule has 0 radical (unpaired) electrons. The first kappa shape index (κ1) is 18.7. The molecule has 0 spiro atoms. The topological polar surface area (TPSA) is 42.0 Å². The van der Waals surface area contributed by atoms with Crippen molar-refractivity contribution in [1.29, 1.82) is 0 Å². The minimum atomic E-state index is -0.482. The van der Waals surface area contributed by atoms with Crippen LogP contribution in [0.3, 0.4) is 0 Å². The molecular weight excluding hydrogens is 304 g/mol. The monoisotopic (exact) mass is 334 g/mol. The van der Waals surface area contributed by atoms with Gasteiger partial charge in [0.15, 0.2) is 0 Å². The number of nitrogens with zero attached hydrogens (tertiary/aromatic N) is 2. The Morgan fingerprint density at radius 3 is 2.50 bits per heavy atom. The fraction of sp³-hybridized carbons (Fsp3) is 0.632. The van der Waals surface area contributed by atoms with E-state index in [1.807, 2.05) is 33.9 Å². The van der Waals surface area contributed by atoms with E-state index in [-0.39, 0.29) is 18.1 Å². The molecule has 1 fully saturated rings. The molecule has 0 aliphatic carbocycles. The Morgan fingerprint density at radius 2 is 1.92 bits per heavy atom. The number of ether oxygens (including phenoxy) is 2. The predicted molar refractivity (Wildman–Crippen MR) is 94.9 cm³/mol. The maximum absolute atomic E-state index is 12.4. The zero-order valence-electron chi connectivity index (χ0n) is 15.5. The van der Waals surface area contributed by atoms with Gasteiger partial charge in [0.05, 0.1) is 12.6 Å². The molecule has 5 heteroatoms. The summed E-state index contributed by atoms with van der Waals surface area (Å²) in [5.74, 6) is 0.288. The molecule has 1 aliphatic heterocycles. The lowest BCUT2D eigenvalue weighted by atomic mass is 10.0. The van der Waals surface area contributed by atoms with Crippen molar-refractivity contribution in [2.45, 2.75) is 39.0 Å². The Bertz CT molecular complexity index is 527. The SMILES string of the molecule is COC[C@@H]1CN(Cc2ccccc2)C[C@H]1N(C)C(=O)OC(C)(C)C. The van der Waals surface area contributed by atoms with Crippen LogP contribution in [-0.4, -0.2) is 61.4 Å². The van der Waals surface area contributed by atoms with Crippen molar-refractivity contribution in [2.75, 3.05) is 33.9 Å². The highest BCUT2D eigenvalue weighted by atomic mass is 16.6. The molecule has 1 aromatic rings. The molecule has 2 atom stereocenters. The number of benzene rings is 1. The number of rotatable bonds is 5. The number of likely N-dealkylation sites (tertiary alicyclic amines) is 1. The van der Waals surface area contributed by atoms with Gasteiger partial charge in [-0.05, 0) is 26.3 Å². The van der Waals surface area contributed by atoms with Gasteiger partial charge in [-0.2, -0.15) is 0 Å². The van der Waals surface area contributed by atoms with Crippen molar-refractivity contribution in [3.05, 3.63) is 35.9 Å². The number of amides is 1. The second-order valence-electron chi connectivity index (χ2n) is 7.55. The maximum atomic E-state index is 12.4. The van der Waals surface area contributed by atoms with Crippen LogP contribution in [0.2, 0.25) is 0 Å². The second kappa shape index (κ2) is 7.99. The lowest BCUT2D eigenvalue weighted by Crippen LogP contribution is -2.45. The van der Waals surface area contributed by atoms with Crippen molar-refractivity contribution in [2.24, 2.45) is 5.92 Å². The van der Waals surface area contributed by atoms with E-state index in [0.29, 0.717) is 6.61 Å². The first-order valence-electron chi connectivity index (χ1n) is 8.51. The highest BCUT2D eigenvalue weighted by Gasteiger charge is 2.38. The number of methoxy groups -OCH3 is 1. The summed E-state index contributed by atoms with van der Waals surface area (Å²) in [4.78, 5) is 16.5. The summed E-state index contributed by atoms with van der Waals surface area (Å²) in [7, 11) is 3.54. The fourth-order valence-electron chi connectivity index (χ4n) is 3.20. The highest BCUT2D eigenvalue weighted by Crippen LogP contribution is 2.25. The quantitative estimate of drug-likeness (QED) is 0.830. The fourth-order valence-corrected chi connectivity index (χ4v) is 3.20. The molecule has 5 nitrogen and oxygen atoms in total. The van der Waals surface area contributed by atoms with Gasteiger partial charge in [-0.25, -0.2) is 4.79 Å². The number of likely N-dealkylation sites (N-methyl/N-ethyl adjacent to an activating group) is 1. The van der Waals surface area contributed by atoms with Crippen molar-refractivity contribution in [3.8, 4) is 0 Å². The van der Waals surface area contributed by atoms with E-state index < -0.39 is 5.60 Å². The molecule has 1 saturated heterocycles. The Morgan fingerprint density at radius 1 is 1.25 bits per heavy atom. The summed E-state index contributed by atoms with van der Waals surface area (Å²) < 4.78 is 10.9. The Kier molecular flexibility index (Phi) is 6.24. The number of carbonyl (C=O) groups excluding carboxylic acids is 1. The molecule has 24 heavy (non-hydrogen) atoms. The van der Waals surface area contributed by atoms with Crippen LogP contribution in [0.4, 0.5) is 4.79 Å². The van der Waals surface area contributed by atoms with Gasteiger partial charge in [0.1, 0.15) is 5.60 Å². The van der Waals surface area contributed by atoms with E-state index in [2.05, 4.69) is 29.2 Å². The average Bonchev–Trinajstić information content (AvgIpc) is 2.88. The first-order chi connectivity index (χ1) is 11.3. The van der Waals surface area contributed by atoms with E-state index >= 15 is 0 Å². The van der Waals surface area contributed by atoms with Gasteiger partial charge in [-0.1, -0.05) is 30.3 Å². The summed E-state index contributed by atoms with van der Waals surface area (Å²) in [6.07, 6.45) is -0.268. The number of carbonyl (C=O) groups is 1. The summed E-state index contributed by atoms with van der Waals surface area (Å²) in [6.45, 7) is 8.95. The smallest absolute Gasteiger partial charge is 0.410 e. The summed E-state index contributed by atoms with van der Waals surface area (Å²) >= 11 is 0. The van der Waals surface area contributed by atoms with Crippen LogP contribution in [0.25, 0.3) is 0 Å². The molecule has 0 bridgehead atoms. The Hall–Kier alpha value is -1.59. The molecule has 1 amide bonds. The van der Waals surface area contributed by atoms with Crippen molar-refractivity contribution in [1.82, 2.24) is 9.80 Å². The van der Waals surface area contributed by atoms with Gasteiger partial charge in [-0.15, -0.1) is 0 Å². The molecule has 1 heterocycles. The van der Waals surface area contributed by atoms with Crippen LogP contribution in [0.15, 0.2) is 30.3 Å². The normalized spacial score (nSPS) is 21.7. The summed E-state index contributed by atoms with van der Waals surface area (Å²) in [6, 6.07) is 10.5. The number of hydrogen-bond donors (Lipinski definition) is 0. The minimum Gasteiger partial charge on any atom is -0.444 e. The molecule has 2 rings (SSSR count). The molecule has 0 aromatic heterocycles. The molecular formula is C19H30N2O3. The van der Waals surface area contributed by atoms with Gasteiger partial charge in [0.25, 0.3) is 0 Å². The number of hydrogen-bond acceptors (Lipinski definition) is 4. The van der Waals surface area contributed by atoms with Gasteiger partial charge in [0.2, 0.25) is 0 Å². The molecule has 1 aromatic carbocycles. The van der Waals surface area contributed by atoms with Crippen LogP contribution in [-0.2, 0) is 16.0 Å². The van der Waals surface area contributed by atoms with E-state index in [9.17, 15) is 4.79 Å². The molecule has 0 saturated carbocycles. The van der Waals surface area contributed by atoms with Crippen molar-refractivity contribution < 1.29 is 14.3 Å².